The first-order valence-corrected chi connectivity index (χ1v) is 6.31. The van der Waals surface area contributed by atoms with Crippen LogP contribution in [0.2, 0.25) is 0 Å². The molecule has 1 heterocycles. The van der Waals surface area contributed by atoms with Crippen LogP contribution < -0.4 is 10.2 Å². The maximum absolute atomic E-state index is 10.6. The van der Waals surface area contributed by atoms with Crippen LogP contribution in [0.1, 0.15) is 0 Å². The van der Waals surface area contributed by atoms with Crippen LogP contribution in [0.5, 0.6) is 5.75 Å². The molecule has 2 aromatic rings. The highest BCUT2D eigenvalue weighted by Gasteiger charge is 2.09. The van der Waals surface area contributed by atoms with E-state index in [1.165, 1.54) is 18.2 Å². The summed E-state index contributed by atoms with van der Waals surface area (Å²) >= 11 is 0. The van der Waals surface area contributed by atoms with Crippen molar-refractivity contribution in [3.05, 3.63) is 64.3 Å². The second-order valence-corrected chi connectivity index (χ2v) is 4.46. The number of aliphatic hydroxyl groups is 1. The molecule has 0 unspecified atom stereocenters. The number of nitrogens with zero attached hydrogens (tertiary/aromatic N) is 2. The zero-order valence-electron chi connectivity index (χ0n) is 11.2. The summed E-state index contributed by atoms with van der Waals surface area (Å²) in [6, 6.07) is 10.9. The van der Waals surface area contributed by atoms with Crippen LogP contribution >= 0.6 is 0 Å². The second kappa shape index (κ2) is 6.67. The first kappa shape index (κ1) is 14.7. The van der Waals surface area contributed by atoms with Crippen LogP contribution in [-0.4, -0.2) is 27.3 Å². The average Bonchev–Trinajstić information content (AvgIpc) is 2.48. The van der Waals surface area contributed by atoms with Gasteiger partial charge in [0.15, 0.2) is 0 Å². The van der Waals surface area contributed by atoms with Crippen LogP contribution in [0, 0.1) is 15.5 Å². The predicted octanol–water partition coefficient (Wildman–Crippen LogP) is 1.32. The van der Waals surface area contributed by atoms with E-state index in [1.807, 2.05) is 0 Å². The highest BCUT2D eigenvalue weighted by atomic mass is 16.6. The Morgan fingerprint density at radius 2 is 2.14 bits per heavy atom. The highest BCUT2D eigenvalue weighted by Crippen LogP contribution is 2.19. The maximum Gasteiger partial charge on any atom is 0.273 e. The van der Waals surface area contributed by atoms with Crippen LogP contribution in [0.25, 0.3) is 0 Å². The van der Waals surface area contributed by atoms with Gasteiger partial charge in [-0.15, -0.1) is 0 Å². The molecule has 0 fully saturated rings. The molecule has 2 N–H and O–H groups in total. The molecule has 0 aliphatic carbocycles. The van der Waals surface area contributed by atoms with Gasteiger partial charge in [0.25, 0.3) is 5.69 Å². The van der Waals surface area contributed by atoms with Crippen molar-refractivity contribution < 1.29 is 14.8 Å². The van der Waals surface area contributed by atoms with Crippen molar-refractivity contribution in [3.8, 4) is 5.75 Å². The van der Waals surface area contributed by atoms with Gasteiger partial charge in [-0.25, -0.2) is 0 Å². The maximum atomic E-state index is 10.6. The zero-order chi connectivity index (χ0) is 15.2. The van der Waals surface area contributed by atoms with Crippen molar-refractivity contribution in [2.24, 2.45) is 0 Å². The van der Waals surface area contributed by atoms with E-state index in [0.29, 0.717) is 5.75 Å². The summed E-state index contributed by atoms with van der Waals surface area (Å²) in [7, 11) is 0. The molecular formula is C14H15N3O4. The molecule has 0 radical (unpaired) electrons. The lowest BCUT2D eigenvalue weighted by Gasteiger charge is -2.14. The van der Waals surface area contributed by atoms with Crippen molar-refractivity contribution in [1.82, 2.24) is 4.57 Å². The predicted molar refractivity (Wildman–Crippen MR) is 74.9 cm³/mol. The average molecular weight is 289 g/mol. The number of pyridine rings is 1. The lowest BCUT2D eigenvalue weighted by atomic mass is 10.3. The van der Waals surface area contributed by atoms with Gasteiger partial charge < -0.3 is 14.4 Å². The fourth-order valence-corrected chi connectivity index (χ4v) is 1.79. The van der Waals surface area contributed by atoms with Gasteiger partial charge in [-0.2, -0.15) is 0 Å². The van der Waals surface area contributed by atoms with E-state index in [9.17, 15) is 15.2 Å². The molecule has 0 aliphatic rings. The molecule has 110 valence electrons. The lowest BCUT2D eigenvalue weighted by molar-refractivity contribution is -0.384. The van der Waals surface area contributed by atoms with E-state index < -0.39 is 11.0 Å². The number of nitrogens with one attached hydrogen (secondary N) is 1. The fraction of sp³-hybridized carbons (Fsp3) is 0.214. The Morgan fingerprint density at radius 1 is 1.33 bits per heavy atom. The van der Waals surface area contributed by atoms with Crippen LogP contribution in [0.15, 0.2) is 48.7 Å². The zero-order valence-corrected chi connectivity index (χ0v) is 11.2. The number of aromatic nitrogens is 1. The third-order valence-corrected chi connectivity index (χ3v) is 2.82. The largest absolute Gasteiger partial charge is 0.491 e. The number of rotatable bonds is 6. The standard InChI is InChI=1S/C14H15N3O4/c15-14-6-1-2-7-16(14)9-12(18)10-21-13-5-3-4-11(8-13)17(19)20/h1-8,12,15,18H,9-10H2/t12-/m1/s1. The Morgan fingerprint density at radius 3 is 2.86 bits per heavy atom. The fourth-order valence-electron chi connectivity index (χ4n) is 1.79. The molecule has 1 atom stereocenters. The Hall–Kier alpha value is -2.67. The Labute approximate surface area is 120 Å². The number of nitro benzene ring substituents is 1. The van der Waals surface area contributed by atoms with E-state index in [-0.39, 0.29) is 24.3 Å². The minimum atomic E-state index is -0.819. The first-order valence-electron chi connectivity index (χ1n) is 6.31. The van der Waals surface area contributed by atoms with E-state index in [1.54, 1.807) is 35.0 Å². The number of non-ortho nitro benzene ring substituents is 1. The highest BCUT2D eigenvalue weighted by molar-refractivity contribution is 5.37. The normalized spacial score (nSPS) is 11.9. The van der Waals surface area contributed by atoms with Crippen molar-refractivity contribution in [3.63, 3.8) is 0 Å². The molecule has 0 saturated carbocycles. The van der Waals surface area contributed by atoms with Crippen LogP contribution in [-0.2, 0) is 6.54 Å². The molecule has 0 saturated heterocycles. The lowest BCUT2D eigenvalue weighted by Crippen LogP contribution is -2.29. The minimum Gasteiger partial charge on any atom is -0.491 e. The van der Waals surface area contributed by atoms with Gasteiger partial charge in [0, 0.05) is 12.3 Å². The molecule has 1 aromatic carbocycles. The van der Waals surface area contributed by atoms with Crippen LogP contribution in [0.3, 0.4) is 0 Å². The molecule has 0 aliphatic heterocycles. The van der Waals surface area contributed by atoms with Crippen molar-refractivity contribution in [1.29, 1.82) is 5.41 Å². The molecule has 0 amide bonds. The molecule has 7 heteroatoms. The summed E-state index contributed by atoms with van der Waals surface area (Å²) in [6.07, 6.45) is 0.875. The molecule has 21 heavy (non-hydrogen) atoms. The molecule has 2 rings (SSSR count). The Kier molecular flexibility index (Phi) is 4.68. The number of benzene rings is 1. The van der Waals surface area contributed by atoms with E-state index in [4.69, 9.17) is 10.1 Å². The summed E-state index contributed by atoms with van der Waals surface area (Å²) in [5, 5.41) is 28.2. The van der Waals surface area contributed by atoms with Gasteiger partial charge in [-0.05, 0) is 18.2 Å². The molecule has 7 nitrogen and oxygen atoms in total. The molecular weight excluding hydrogens is 274 g/mol. The summed E-state index contributed by atoms with van der Waals surface area (Å²) in [5.41, 5.74) is 0.222. The number of nitro groups is 1. The van der Waals surface area contributed by atoms with E-state index >= 15 is 0 Å². The topological polar surface area (TPSA) is 101 Å². The third kappa shape index (κ3) is 4.15. The van der Waals surface area contributed by atoms with Crippen LogP contribution in [0.4, 0.5) is 5.69 Å². The van der Waals surface area contributed by atoms with Gasteiger partial charge in [0.2, 0.25) is 0 Å². The summed E-state index contributed by atoms with van der Waals surface area (Å²) < 4.78 is 6.93. The van der Waals surface area contributed by atoms with E-state index in [2.05, 4.69) is 0 Å². The Balaban J connectivity index is 1.94. The second-order valence-electron chi connectivity index (χ2n) is 4.46. The number of hydrogen-bond donors (Lipinski definition) is 2. The third-order valence-electron chi connectivity index (χ3n) is 2.82. The summed E-state index contributed by atoms with van der Waals surface area (Å²) in [5.74, 6) is 0.326. The monoisotopic (exact) mass is 289 g/mol. The van der Waals surface area contributed by atoms with Gasteiger partial charge in [-0.3, -0.25) is 15.5 Å². The van der Waals surface area contributed by atoms with Gasteiger partial charge in [0.05, 0.1) is 17.5 Å². The molecule has 0 spiro atoms. The molecule has 1 aromatic heterocycles. The van der Waals surface area contributed by atoms with E-state index in [0.717, 1.165) is 0 Å². The van der Waals surface area contributed by atoms with Crippen molar-refractivity contribution in [2.75, 3.05) is 6.61 Å². The minimum absolute atomic E-state index is 0.0114. The number of aliphatic hydroxyl groups excluding tert-OH is 1. The van der Waals surface area contributed by atoms with Gasteiger partial charge >= 0.3 is 0 Å². The summed E-state index contributed by atoms with van der Waals surface area (Å²) in [6.45, 7) is 0.205. The Bertz CT molecular complexity index is 684. The van der Waals surface area contributed by atoms with Crippen molar-refractivity contribution in [2.45, 2.75) is 12.6 Å². The van der Waals surface area contributed by atoms with Gasteiger partial charge in [-0.1, -0.05) is 12.1 Å². The SMILES string of the molecule is N=c1ccccn1C[C@@H](O)COc1cccc([N+](=O)[O-])c1. The quantitative estimate of drug-likeness (QED) is 0.618. The molecule has 0 bridgehead atoms. The van der Waals surface area contributed by atoms with Crippen molar-refractivity contribution >= 4 is 5.69 Å². The first-order chi connectivity index (χ1) is 10.1. The van der Waals surface area contributed by atoms with Gasteiger partial charge in [0.1, 0.15) is 23.9 Å². The smallest absolute Gasteiger partial charge is 0.273 e. The number of hydrogen-bond acceptors (Lipinski definition) is 5. The summed E-state index contributed by atoms with van der Waals surface area (Å²) in [4.78, 5) is 10.1. The number of ether oxygens (including phenoxy) is 1.